The molecule has 0 atom stereocenters. The topological polar surface area (TPSA) is 48.0 Å². The van der Waals surface area contributed by atoms with E-state index in [1.54, 1.807) is 11.3 Å². The van der Waals surface area contributed by atoms with Crippen molar-refractivity contribution in [3.63, 3.8) is 0 Å². The molecule has 2 N–H and O–H groups in total. The number of rotatable bonds is 7. The van der Waals surface area contributed by atoms with Crippen molar-refractivity contribution < 1.29 is 4.79 Å². The van der Waals surface area contributed by atoms with Gasteiger partial charge in [-0.3, -0.25) is 4.79 Å². The molecular formula is C23H23N2OS. The van der Waals surface area contributed by atoms with Crippen LogP contribution in [0.4, 0.5) is 0 Å². The average Bonchev–Trinajstić information content (AvgIpc) is 3.29. The van der Waals surface area contributed by atoms with Crippen molar-refractivity contribution in [1.29, 1.82) is 0 Å². The number of aromatic nitrogens is 1. The monoisotopic (exact) mass is 375 g/mol. The SMILES string of the molecule is CCCCCc1c[c]c2c3c(C(N)=O)cccc3n(Cc3ccsc3)c2c1. The van der Waals surface area contributed by atoms with Crippen LogP contribution in [0.1, 0.15) is 47.7 Å². The molecule has 27 heavy (non-hydrogen) atoms. The van der Waals surface area contributed by atoms with Gasteiger partial charge in [0.1, 0.15) is 0 Å². The molecule has 3 nitrogen and oxygen atoms in total. The van der Waals surface area contributed by atoms with E-state index in [1.165, 1.54) is 30.4 Å². The summed E-state index contributed by atoms with van der Waals surface area (Å²) < 4.78 is 2.29. The molecule has 2 aromatic heterocycles. The quantitative estimate of drug-likeness (QED) is 0.424. The van der Waals surface area contributed by atoms with Crippen LogP contribution >= 0.6 is 11.3 Å². The Kier molecular flexibility index (Phi) is 4.99. The van der Waals surface area contributed by atoms with Crippen molar-refractivity contribution in [3.05, 3.63) is 69.9 Å². The van der Waals surface area contributed by atoms with E-state index in [0.717, 1.165) is 34.8 Å². The van der Waals surface area contributed by atoms with Gasteiger partial charge in [0.05, 0.1) is 11.0 Å². The average molecular weight is 376 g/mol. The number of thiophene rings is 1. The van der Waals surface area contributed by atoms with Crippen LogP contribution in [0.3, 0.4) is 0 Å². The van der Waals surface area contributed by atoms with E-state index in [0.29, 0.717) is 5.56 Å². The van der Waals surface area contributed by atoms with Crippen molar-refractivity contribution in [2.24, 2.45) is 5.73 Å². The van der Waals surface area contributed by atoms with E-state index in [2.05, 4.69) is 52.6 Å². The van der Waals surface area contributed by atoms with Gasteiger partial charge in [-0.05, 0) is 65.1 Å². The summed E-state index contributed by atoms with van der Waals surface area (Å²) >= 11 is 1.70. The zero-order chi connectivity index (χ0) is 18.8. The number of carbonyl (C=O) groups excluding carboxylic acids is 1. The molecular weight excluding hydrogens is 352 g/mol. The number of primary amides is 1. The molecule has 4 heteroatoms. The zero-order valence-electron chi connectivity index (χ0n) is 15.5. The molecule has 1 amide bonds. The lowest BCUT2D eigenvalue weighted by Crippen LogP contribution is -2.11. The Labute approximate surface area is 163 Å². The van der Waals surface area contributed by atoms with Gasteiger partial charge in [0.25, 0.3) is 0 Å². The van der Waals surface area contributed by atoms with Crippen LogP contribution in [0.5, 0.6) is 0 Å². The van der Waals surface area contributed by atoms with Gasteiger partial charge in [0.2, 0.25) is 5.91 Å². The standard InChI is InChI=1S/C23H23N2OS/c1-2-3-4-6-16-9-10-18-21(13-16)25(14-17-11-12-27-15-17)20-8-5-7-19(22(18)20)23(24)26/h5,7-9,11-13,15H,2-4,6,14H2,1H3,(H2,24,26). The van der Waals surface area contributed by atoms with Crippen LogP contribution in [0, 0.1) is 6.07 Å². The van der Waals surface area contributed by atoms with Crippen molar-refractivity contribution in [3.8, 4) is 0 Å². The fraction of sp³-hybridized carbons (Fsp3) is 0.261. The smallest absolute Gasteiger partial charge is 0.249 e. The van der Waals surface area contributed by atoms with Crippen LogP contribution in [-0.4, -0.2) is 10.5 Å². The highest BCUT2D eigenvalue weighted by Gasteiger charge is 2.17. The molecule has 4 aromatic rings. The first-order chi connectivity index (χ1) is 13.2. The lowest BCUT2D eigenvalue weighted by Gasteiger charge is -2.08. The van der Waals surface area contributed by atoms with E-state index in [4.69, 9.17) is 5.73 Å². The summed E-state index contributed by atoms with van der Waals surface area (Å²) in [5.74, 6) is -0.393. The van der Waals surface area contributed by atoms with Gasteiger partial charge < -0.3 is 10.3 Å². The number of fused-ring (bicyclic) bond motifs is 3. The normalized spacial score (nSPS) is 11.4. The lowest BCUT2D eigenvalue weighted by atomic mass is 10.0. The van der Waals surface area contributed by atoms with Gasteiger partial charge >= 0.3 is 0 Å². The number of nitrogens with two attached hydrogens (primary N) is 1. The molecule has 0 bridgehead atoms. The summed E-state index contributed by atoms with van der Waals surface area (Å²) in [4.78, 5) is 12.0. The summed E-state index contributed by atoms with van der Waals surface area (Å²) in [6.45, 7) is 3.00. The fourth-order valence-electron chi connectivity index (χ4n) is 3.76. The number of hydrogen-bond acceptors (Lipinski definition) is 2. The molecule has 0 aliphatic heterocycles. The van der Waals surface area contributed by atoms with Crippen LogP contribution in [0.15, 0.2) is 47.2 Å². The Morgan fingerprint density at radius 3 is 2.81 bits per heavy atom. The predicted octanol–water partition coefficient (Wildman–Crippen LogP) is 5.54. The number of benzene rings is 2. The molecule has 0 fully saturated rings. The third-order valence-electron chi connectivity index (χ3n) is 5.11. The lowest BCUT2D eigenvalue weighted by molar-refractivity contribution is 0.100. The van der Waals surface area contributed by atoms with Crippen molar-refractivity contribution in [1.82, 2.24) is 4.57 Å². The van der Waals surface area contributed by atoms with Crippen LogP contribution in [0.2, 0.25) is 0 Å². The first kappa shape index (κ1) is 17.8. The fourth-order valence-corrected chi connectivity index (χ4v) is 4.42. The van der Waals surface area contributed by atoms with Crippen molar-refractivity contribution in [2.45, 2.75) is 39.2 Å². The number of aryl methyl sites for hydroxylation is 1. The van der Waals surface area contributed by atoms with E-state index in [1.807, 2.05) is 12.1 Å². The summed E-state index contributed by atoms with van der Waals surface area (Å²) in [6.07, 6.45) is 4.70. The van der Waals surface area contributed by atoms with E-state index in [9.17, 15) is 4.79 Å². The van der Waals surface area contributed by atoms with E-state index in [-0.39, 0.29) is 0 Å². The van der Waals surface area contributed by atoms with Crippen molar-refractivity contribution in [2.75, 3.05) is 0 Å². The minimum atomic E-state index is -0.393. The highest BCUT2D eigenvalue weighted by molar-refractivity contribution is 7.07. The summed E-state index contributed by atoms with van der Waals surface area (Å²) in [5, 5.41) is 6.16. The third kappa shape index (κ3) is 3.37. The maximum atomic E-state index is 12.0. The summed E-state index contributed by atoms with van der Waals surface area (Å²) in [7, 11) is 0. The molecule has 1 radical (unpaired) electrons. The van der Waals surface area contributed by atoms with Crippen LogP contribution < -0.4 is 5.73 Å². The largest absolute Gasteiger partial charge is 0.366 e. The molecule has 0 unspecified atom stereocenters. The second kappa shape index (κ2) is 7.57. The predicted molar refractivity (Wildman–Crippen MR) is 113 cm³/mol. The minimum Gasteiger partial charge on any atom is -0.366 e. The molecule has 0 aliphatic carbocycles. The number of nitrogens with zero attached hydrogens (tertiary/aromatic N) is 1. The summed E-state index contributed by atoms with van der Waals surface area (Å²) in [6, 6.07) is 15.7. The van der Waals surface area contributed by atoms with Gasteiger partial charge in [0, 0.05) is 22.9 Å². The Hall–Kier alpha value is -2.59. The molecule has 137 valence electrons. The Morgan fingerprint density at radius 2 is 2.07 bits per heavy atom. The zero-order valence-corrected chi connectivity index (χ0v) is 16.3. The Balaban J connectivity index is 1.92. The van der Waals surface area contributed by atoms with E-state index >= 15 is 0 Å². The molecule has 0 spiro atoms. The Bertz CT molecular complexity index is 1090. The van der Waals surface area contributed by atoms with Gasteiger partial charge in [-0.2, -0.15) is 11.3 Å². The third-order valence-corrected chi connectivity index (χ3v) is 5.84. The second-order valence-electron chi connectivity index (χ2n) is 7.01. The molecule has 0 saturated heterocycles. The minimum absolute atomic E-state index is 0.393. The van der Waals surface area contributed by atoms with Crippen molar-refractivity contribution >= 4 is 39.0 Å². The number of hydrogen-bond donors (Lipinski definition) is 1. The van der Waals surface area contributed by atoms with E-state index < -0.39 is 5.91 Å². The maximum absolute atomic E-state index is 12.0. The molecule has 2 heterocycles. The first-order valence-electron chi connectivity index (χ1n) is 9.45. The van der Waals surface area contributed by atoms with Gasteiger partial charge in [0.15, 0.2) is 0 Å². The molecule has 0 saturated carbocycles. The van der Waals surface area contributed by atoms with Gasteiger partial charge in [-0.1, -0.05) is 31.9 Å². The number of unbranched alkanes of at least 4 members (excludes halogenated alkanes) is 2. The first-order valence-corrected chi connectivity index (χ1v) is 10.4. The highest BCUT2D eigenvalue weighted by atomic mass is 32.1. The number of carbonyl (C=O) groups is 1. The molecule has 2 aromatic carbocycles. The second-order valence-corrected chi connectivity index (χ2v) is 7.79. The Morgan fingerprint density at radius 1 is 1.19 bits per heavy atom. The highest BCUT2D eigenvalue weighted by Crippen LogP contribution is 2.33. The molecule has 4 rings (SSSR count). The summed E-state index contributed by atoms with van der Waals surface area (Å²) in [5.41, 5.74) is 11.0. The van der Waals surface area contributed by atoms with Crippen LogP contribution in [0.25, 0.3) is 21.8 Å². The number of amides is 1. The van der Waals surface area contributed by atoms with Gasteiger partial charge in [-0.25, -0.2) is 0 Å². The van der Waals surface area contributed by atoms with Crippen LogP contribution in [-0.2, 0) is 13.0 Å². The molecule has 0 aliphatic rings. The maximum Gasteiger partial charge on any atom is 0.249 e. The van der Waals surface area contributed by atoms with Gasteiger partial charge in [-0.15, -0.1) is 0 Å².